The molecule has 0 spiro atoms. The van der Waals surface area contributed by atoms with E-state index in [2.05, 4.69) is 205 Å². The van der Waals surface area contributed by atoms with Crippen LogP contribution in [0.5, 0.6) is 0 Å². The number of benzene rings is 8. The lowest BCUT2D eigenvalue weighted by Crippen LogP contribution is -2.14. The summed E-state index contributed by atoms with van der Waals surface area (Å²) < 4.78 is 4.90. The van der Waals surface area contributed by atoms with Crippen LogP contribution in [-0.2, 0) is 5.41 Å². The third kappa shape index (κ3) is 4.39. The first kappa shape index (κ1) is 30.0. The van der Waals surface area contributed by atoms with Crippen LogP contribution in [0.25, 0.3) is 88.4 Å². The molecule has 0 aliphatic heterocycles. The molecule has 0 saturated heterocycles. The van der Waals surface area contributed by atoms with Crippen molar-refractivity contribution in [2.24, 2.45) is 0 Å². The number of aromatic nitrogens is 2. The van der Waals surface area contributed by atoms with Crippen LogP contribution in [0.2, 0.25) is 0 Å². The summed E-state index contributed by atoms with van der Waals surface area (Å²) in [4.78, 5) is 0. The van der Waals surface area contributed by atoms with Crippen molar-refractivity contribution in [2.45, 2.75) is 19.3 Å². The van der Waals surface area contributed by atoms with Gasteiger partial charge in [-0.25, -0.2) is 0 Å². The summed E-state index contributed by atoms with van der Waals surface area (Å²) in [5.74, 6) is 0. The van der Waals surface area contributed by atoms with Crippen LogP contribution in [0.15, 0.2) is 182 Å². The summed E-state index contributed by atoms with van der Waals surface area (Å²) in [7, 11) is 0. The standard InChI is InChI=1S/C51H36N2/c1-51(2)45-20-9-6-17-39(45)44-32-38(25-28-46(44)51)53-48-22-11-8-19-41(48)43-27-24-36(31-50(43)53)35-23-26-42-40-18-7-10-21-47(40)52(49(42)30-35)37-16-12-15-34(29-37)33-13-4-3-5-14-33/h3-32H,1-2H3. The minimum Gasteiger partial charge on any atom is -0.309 e. The molecule has 0 unspecified atom stereocenters. The molecule has 0 fully saturated rings. The van der Waals surface area contributed by atoms with Crippen molar-refractivity contribution in [3.05, 3.63) is 193 Å². The maximum atomic E-state index is 2.47. The molecular weight excluding hydrogens is 641 g/mol. The second-order valence-corrected chi connectivity index (χ2v) is 15.0. The Morgan fingerprint density at radius 3 is 1.51 bits per heavy atom. The van der Waals surface area contributed by atoms with Gasteiger partial charge in [-0.3, -0.25) is 0 Å². The summed E-state index contributed by atoms with van der Waals surface area (Å²) in [5.41, 5.74) is 17.5. The van der Waals surface area contributed by atoms with Crippen LogP contribution in [0.4, 0.5) is 0 Å². The van der Waals surface area contributed by atoms with E-state index >= 15 is 0 Å². The fraction of sp³-hybridized carbons (Fsp3) is 0.0588. The van der Waals surface area contributed by atoms with Gasteiger partial charge in [0.15, 0.2) is 0 Å². The van der Waals surface area contributed by atoms with Crippen molar-refractivity contribution in [1.29, 1.82) is 0 Å². The number of nitrogens with zero attached hydrogens (tertiary/aromatic N) is 2. The van der Waals surface area contributed by atoms with E-state index in [0.29, 0.717) is 0 Å². The van der Waals surface area contributed by atoms with E-state index in [9.17, 15) is 0 Å². The smallest absolute Gasteiger partial charge is 0.0547 e. The molecule has 2 heteroatoms. The average molecular weight is 677 g/mol. The minimum absolute atomic E-state index is 0.0254. The van der Waals surface area contributed by atoms with Gasteiger partial charge in [0, 0.05) is 38.3 Å². The van der Waals surface area contributed by atoms with Gasteiger partial charge < -0.3 is 9.13 Å². The summed E-state index contributed by atoms with van der Waals surface area (Å²) in [5, 5.41) is 5.05. The lowest BCUT2D eigenvalue weighted by Gasteiger charge is -2.21. The molecule has 0 saturated carbocycles. The van der Waals surface area contributed by atoms with Crippen LogP contribution in [0.3, 0.4) is 0 Å². The molecule has 11 rings (SSSR count). The second-order valence-electron chi connectivity index (χ2n) is 15.0. The van der Waals surface area contributed by atoms with Crippen molar-refractivity contribution < 1.29 is 0 Å². The van der Waals surface area contributed by atoms with E-state index in [-0.39, 0.29) is 5.41 Å². The first-order chi connectivity index (χ1) is 26.0. The van der Waals surface area contributed by atoms with Gasteiger partial charge in [-0.1, -0.05) is 147 Å². The molecule has 0 atom stereocenters. The number of hydrogen-bond donors (Lipinski definition) is 0. The lowest BCUT2D eigenvalue weighted by molar-refractivity contribution is 0.660. The first-order valence-corrected chi connectivity index (χ1v) is 18.5. The SMILES string of the molecule is CC1(C)c2ccccc2-c2cc(-n3c4ccccc4c4ccc(-c5ccc6c7ccccc7n(-c7cccc(-c8ccccc8)c7)c6c5)cc43)ccc21. The van der Waals surface area contributed by atoms with Crippen LogP contribution >= 0.6 is 0 Å². The Morgan fingerprint density at radius 2 is 0.830 bits per heavy atom. The zero-order valence-electron chi connectivity index (χ0n) is 29.7. The Morgan fingerprint density at radius 1 is 0.321 bits per heavy atom. The molecule has 2 aromatic heterocycles. The minimum atomic E-state index is -0.0254. The topological polar surface area (TPSA) is 9.86 Å². The van der Waals surface area contributed by atoms with Crippen molar-refractivity contribution >= 4 is 43.6 Å². The van der Waals surface area contributed by atoms with Gasteiger partial charge in [-0.2, -0.15) is 0 Å². The Hall–Kier alpha value is -6.64. The third-order valence-corrected chi connectivity index (χ3v) is 11.7. The summed E-state index contributed by atoms with van der Waals surface area (Å²) in [6, 6.07) is 67.2. The van der Waals surface area contributed by atoms with E-state index < -0.39 is 0 Å². The van der Waals surface area contributed by atoms with Crippen LogP contribution in [0.1, 0.15) is 25.0 Å². The fourth-order valence-corrected chi connectivity index (χ4v) is 9.16. The summed E-state index contributed by atoms with van der Waals surface area (Å²) >= 11 is 0. The van der Waals surface area contributed by atoms with Gasteiger partial charge in [0.25, 0.3) is 0 Å². The van der Waals surface area contributed by atoms with Crippen LogP contribution in [0, 0.1) is 0 Å². The largest absolute Gasteiger partial charge is 0.309 e. The van der Waals surface area contributed by atoms with E-state index in [4.69, 9.17) is 0 Å². The Bertz CT molecular complexity index is 3080. The maximum Gasteiger partial charge on any atom is 0.0547 e. The van der Waals surface area contributed by atoms with Gasteiger partial charge >= 0.3 is 0 Å². The molecule has 1 aliphatic rings. The lowest BCUT2D eigenvalue weighted by atomic mass is 9.82. The molecule has 250 valence electrons. The van der Waals surface area contributed by atoms with Gasteiger partial charge in [0.1, 0.15) is 0 Å². The van der Waals surface area contributed by atoms with E-state index in [1.807, 2.05) is 0 Å². The molecule has 0 N–H and O–H groups in total. The molecule has 2 heterocycles. The zero-order valence-corrected chi connectivity index (χ0v) is 29.7. The van der Waals surface area contributed by atoms with Gasteiger partial charge in [0.05, 0.1) is 22.1 Å². The van der Waals surface area contributed by atoms with Gasteiger partial charge in [-0.15, -0.1) is 0 Å². The van der Waals surface area contributed by atoms with Gasteiger partial charge in [-0.05, 0) is 93.0 Å². The van der Waals surface area contributed by atoms with Crippen LogP contribution < -0.4 is 0 Å². The Kier molecular flexibility index (Phi) is 6.33. The molecule has 0 radical (unpaired) electrons. The highest BCUT2D eigenvalue weighted by Crippen LogP contribution is 2.49. The second kappa shape index (κ2) is 11.2. The molecule has 0 bridgehead atoms. The van der Waals surface area contributed by atoms with Crippen molar-refractivity contribution in [2.75, 3.05) is 0 Å². The summed E-state index contributed by atoms with van der Waals surface area (Å²) in [6.45, 7) is 4.70. The molecule has 0 amide bonds. The van der Waals surface area contributed by atoms with Crippen molar-refractivity contribution in [1.82, 2.24) is 9.13 Å². The third-order valence-electron chi connectivity index (χ3n) is 11.7. The number of rotatable bonds is 4. The maximum absolute atomic E-state index is 2.47. The van der Waals surface area contributed by atoms with E-state index in [0.717, 1.165) is 5.69 Å². The number of fused-ring (bicyclic) bond motifs is 9. The number of para-hydroxylation sites is 2. The highest BCUT2D eigenvalue weighted by Gasteiger charge is 2.35. The van der Waals surface area contributed by atoms with E-state index in [1.165, 1.54) is 93.8 Å². The fourth-order valence-electron chi connectivity index (χ4n) is 9.16. The Labute approximate surface area is 308 Å². The van der Waals surface area contributed by atoms with Gasteiger partial charge in [0.2, 0.25) is 0 Å². The zero-order chi connectivity index (χ0) is 35.3. The quantitative estimate of drug-likeness (QED) is 0.176. The Balaban J connectivity index is 1.11. The number of hydrogen-bond acceptors (Lipinski definition) is 0. The van der Waals surface area contributed by atoms with Crippen molar-refractivity contribution in [3.8, 4) is 44.8 Å². The first-order valence-electron chi connectivity index (χ1n) is 18.5. The highest BCUT2D eigenvalue weighted by atomic mass is 15.0. The molecular formula is C51H36N2. The normalized spacial score (nSPS) is 13.2. The molecule has 8 aromatic carbocycles. The average Bonchev–Trinajstić information content (AvgIpc) is 3.80. The van der Waals surface area contributed by atoms with Crippen LogP contribution in [-0.4, -0.2) is 9.13 Å². The summed E-state index contributed by atoms with van der Waals surface area (Å²) in [6.07, 6.45) is 0. The van der Waals surface area contributed by atoms with E-state index in [1.54, 1.807) is 0 Å². The molecule has 10 aromatic rings. The monoisotopic (exact) mass is 676 g/mol. The van der Waals surface area contributed by atoms with Crippen molar-refractivity contribution in [3.63, 3.8) is 0 Å². The predicted molar refractivity (Wildman–Crippen MR) is 224 cm³/mol. The molecule has 1 aliphatic carbocycles. The molecule has 2 nitrogen and oxygen atoms in total. The molecule has 53 heavy (non-hydrogen) atoms. The highest BCUT2D eigenvalue weighted by molar-refractivity contribution is 6.12. The predicted octanol–water partition coefficient (Wildman–Crippen LogP) is 13.5.